The second-order valence-electron chi connectivity index (χ2n) is 4.95. The Kier molecular flexibility index (Phi) is 4.12. The van der Waals surface area contributed by atoms with Gasteiger partial charge in [-0.25, -0.2) is 0 Å². The highest BCUT2D eigenvalue weighted by Crippen LogP contribution is 2.25. The zero-order chi connectivity index (χ0) is 13.1. The lowest BCUT2D eigenvalue weighted by atomic mass is 9.92. The van der Waals surface area contributed by atoms with Gasteiger partial charge in [0.25, 0.3) is 0 Å². The van der Waals surface area contributed by atoms with Gasteiger partial charge < -0.3 is 16.0 Å². The number of carbonyl (C=O) groups is 1. The van der Waals surface area contributed by atoms with Crippen molar-refractivity contribution in [2.24, 2.45) is 11.1 Å². The highest BCUT2D eigenvalue weighted by Gasteiger charge is 2.26. The van der Waals surface area contributed by atoms with Crippen molar-refractivity contribution in [3.63, 3.8) is 0 Å². The van der Waals surface area contributed by atoms with Crippen molar-refractivity contribution in [2.45, 2.75) is 13.8 Å². The summed E-state index contributed by atoms with van der Waals surface area (Å²) in [6.07, 6.45) is 0. The molecule has 0 heterocycles. The molecule has 0 spiro atoms. The van der Waals surface area contributed by atoms with Gasteiger partial charge >= 0.3 is 0 Å². The van der Waals surface area contributed by atoms with Gasteiger partial charge in [0.1, 0.15) is 0 Å². The fourth-order valence-corrected chi connectivity index (χ4v) is 1.35. The van der Waals surface area contributed by atoms with E-state index in [-0.39, 0.29) is 5.91 Å². The standard InChI is InChI=1S/C13H21N3O/c1-13(2,9-14)12(17)15-10-7-5-6-8-11(10)16(3)4/h5-8H,9,14H2,1-4H3,(H,15,17). The highest BCUT2D eigenvalue weighted by atomic mass is 16.2. The van der Waals surface area contributed by atoms with Crippen LogP contribution < -0.4 is 16.0 Å². The molecule has 4 heteroatoms. The van der Waals surface area contributed by atoms with E-state index in [1.165, 1.54) is 0 Å². The third-order valence-corrected chi connectivity index (χ3v) is 2.76. The summed E-state index contributed by atoms with van der Waals surface area (Å²) in [6, 6.07) is 7.70. The molecule has 1 aromatic carbocycles. The van der Waals surface area contributed by atoms with E-state index in [4.69, 9.17) is 5.73 Å². The minimum atomic E-state index is -0.556. The number of benzene rings is 1. The average Bonchev–Trinajstić information content (AvgIpc) is 2.29. The highest BCUT2D eigenvalue weighted by molar-refractivity contribution is 5.97. The van der Waals surface area contributed by atoms with Crippen LogP contribution in [-0.4, -0.2) is 26.5 Å². The van der Waals surface area contributed by atoms with Crippen LogP contribution in [0.3, 0.4) is 0 Å². The number of nitrogens with two attached hydrogens (primary N) is 1. The summed E-state index contributed by atoms with van der Waals surface area (Å²) < 4.78 is 0. The van der Waals surface area contributed by atoms with Crippen LogP contribution in [0.5, 0.6) is 0 Å². The van der Waals surface area contributed by atoms with E-state index in [1.54, 1.807) is 0 Å². The minimum absolute atomic E-state index is 0.0608. The molecule has 0 aliphatic rings. The average molecular weight is 235 g/mol. The van der Waals surface area contributed by atoms with Gasteiger partial charge in [0.2, 0.25) is 5.91 Å². The molecule has 94 valence electrons. The zero-order valence-electron chi connectivity index (χ0n) is 10.9. The number of hydrogen-bond acceptors (Lipinski definition) is 3. The molecule has 0 saturated carbocycles. The first-order chi connectivity index (χ1) is 7.88. The van der Waals surface area contributed by atoms with Crippen LogP contribution in [0.4, 0.5) is 11.4 Å². The Morgan fingerprint density at radius 3 is 2.47 bits per heavy atom. The van der Waals surface area contributed by atoms with Crippen molar-refractivity contribution >= 4 is 17.3 Å². The topological polar surface area (TPSA) is 58.4 Å². The molecule has 0 atom stereocenters. The van der Waals surface area contributed by atoms with Crippen LogP contribution >= 0.6 is 0 Å². The van der Waals surface area contributed by atoms with Crippen LogP contribution in [0.1, 0.15) is 13.8 Å². The predicted octanol–water partition coefficient (Wildman–Crippen LogP) is 1.68. The molecule has 0 unspecified atom stereocenters. The maximum Gasteiger partial charge on any atom is 0.231 e. The van der Waals surface area contributed by atoms with E-state index >= 15 is 0 Å². The van der Waals surface area contributed by atoms with Crippen molar-refractivity contribution in [1.29, 1.82) is 0 Å². The van der Waals surface area contributed by atoms with Crippen molar-refractivity contribution in [1.82, 2.24) is 0 Å². The number of hydrogen-bond donors (Lipinski definition) is 2. The molecule has 0 aliphatic heterocycles. The SMILES string of the molecule is CN(C)c1ccccc1NC(=O)C(C)(C)CN. The van der Waals surface area contributed by atoms with Gasteiger partial charge in [-0.1, -0.05) is 12.1 Å². The van der Waals surface area contributed by atoms with Gasteiger partial charge in [0, 0.05) is 20.6 Å². The van der Waals surface area contributed by atoms with Crippen LogP contribution in [0.2, 0.25) is 0 Å². The Balaban J connectivity index is 2.93. The third kappa shape index (κ3) is 3.20. The van der Waals surface area contributed by atoms with Crippen LogP contribution in [0.15, 0.2) is 24.3 Å². The monoisotopic (exact) mass is 235 g/mol. The normalized spacial score (nSPS) is 11.1. The Bertz CT molecular complexity index is 399. The maximum atomic E-state index is 12.0. The number of amides is 1. The lowest BCUT2D eigenvalue weighted by molar-refractivity contribution is -0.123. The van der Waals surface area contributed by atoms with Gasteiger partial charge in [0.15, 0.2) is 0 Å². The second kappa shape index (κ2) is 5.19. The Morgan fingerprint density at radius 2 is 1.94 bits per heavy atom. The Morgan fingerprint density at radius 1 is 1.35 bits per heavy atom. The molecule has 0 saturated heterocycles. The molecule has 0 bridgehead atoms. The Hall–Kier alpha value is -1.55. The van der Waals surface area contributed by atoms with Gasteiger partial charge in [-0.05, 0) is 26.0 Å². The summed E-state index contributed by atoms with van der Waals surface area (Å²) in [5, 5.41) is 2.92. The Labute approximate surface area is 103 Å². The van der Waals surface area contributed by atoms with Crippen molar-refractivity contribution < 1.29 is 4.79 Å². The molecule has 0 aliphatic carbocycles. The third-order valence-electron chi connectivity index (χ3n) is 2.76. The van der Waals surface area contributed by atoms with Crippen molar-refractivity contribution in [3.05, 3.63) is 24.3 Å². The van der Waals surface area contributed by atoms with Crippen molar-refractivity contribution in [2.75, 3.05) is 30.9 Å². The number of carbonyl (C=O) groups excluding carboxylic acids is 1. The number of nitrogens with zero attached hydrogens (tertiary/aromatic N) is 1. The summed E-state index contributed by atoms with van der Waals surface area (Å²) in [7, 11) is 3.89. The van der Waals surface area contributed by atoms with E-state index in [0.717, 1.165) is 11.4 Å². The van der Waals surface area contributed by atoms with E-state index in [2.05, 4.69) is 5.32 Å². The first-order valence-corrected chi connectivity index (χ1v) is 5.66. The fourth-order valence-electron chi connectivity index (χ4n) is 1.35. The molecule has 1 rings (SSSR count). The quantitative estimate of drug-likeness (QED) is 0.834. The maximum absolute atomic E-state index is 12.0. The smallest absolute Gasteiger partial charge is 0.231 e. The molecule has 3 N–H and O–H groups in total. The summed E-state index contributed by atoms with van der Waals surface area (Å²) >= 11 is 0. The van der Waals surface area contributed by atoms with Crippen molar-refractivity contribution in [3.8, 4) is 0 Å². The molecule has 0 fully saturated rings. The molecule has 4 nitrogen and oxygen atoms in total. The van der Waals surface area contributed by atoms with E-state index in [0.29, 0.717) is 6.54 Å². The zero-order valence-corrected chi connectivity index (χ0v) is 10.9. The van der Waals surface area contributed by atoms with E-state index in [9.17, 15) is 4.79 Å². The molecular formula is C13H21N3O. The van der Waals surface area contributed by atoms with Gasteiger partial charge in [-0.3, -0.25) is 4.79 Å². The predicted molar refractivity (Wildman–Crippen MR) is 72.2 cm³/mol. The lowest BCUT2D eigenvalue weighted by Crippen LogP contribution is -2.37. The number of para-hydroxylation sites is 2. The molecule has 0 radical (unpaired) electrons. The summed E-state index contributed by atoms with van der Waals surface area (Å²) in [4.78, 5) is 14.0. The fraction of sp³-hybridized carbons (Fsp3) is 0.462. The van der Waals surface area contributed by atoms with Crippen LogP contribution in [0, 0.1) is 5.41 Å². The second-order valence-corrected chi connectivity index (χ2v) is 4.95. The number of nitrogens with one attached hydrogen (secondary N) is 1. The summed E-state index contributed by atoms with van der Waals surface area (Å²) in [5.41, 5.74) is 6.82. The lowest BCUT2D eigenvalue weighted by Gasteiger charge is -2.24. The minimum Gasteiger partial charge on any atom is -0.376 e. The number of rotatable bonds is 4. The van der Waals surface area contributed by atoms with Gasteiger partial charge in [0.05, 0.1) is 16.8 Å². The van der Waals surface area contributed by atoms with Gasteiger partial charge in [-0.15, -0.1) is 0 Å². The molecule has 17 heavy (non-hydrogen) atoms. The van der Waals surface area contributed by atoms with Crippen LogP contribution in [-0.2, 0) is 4.79 Å². The summed E-state index contributed by atoms with van der Waals surface area (Å²) in [6.45, 7) is 3.99. The molecule has 1 aromatic rings. The molecule has 0 aromatic heterocycles. The van der Waals surface area contributed by atoms with E-state index < -0.39 is 5.41 Å². The summed E-state index contributed by atoms with van der Waals surface area (Å²) in [5.74, 6) is -0.0608. The largest absolute Gasteiger partial charge is 0.376 e. The van der Waals surface area contributed by atoms with Crippen LogP contribution in [0.25, 0.3) is 0 Å². The molecular weight excluding hydrogens is 214 g/mol. The first-order valence-electron chi connectivity index (χ1n) is 5.66. The first kappa shape index (κ1) is 13.5. The van der Waals surface area contributed by atoms with E-state index in [1.807, 2.05) is 57.1 Å². The number of anilines is 2. The molecule has 1 amide bonds. The van der Waals surface area contributed by atoms with Gasteiger partial charge in [-0.2, -0.15) is 0 Å².